The van der Waals surface area contributed by atoms with Gasteiger partial charge in [0.2, 0.25) is 0 Å². The van der Waals surface area contributed by atoms with Gasteiger partial charge < -0.3 is 15.2 Å². The number of benzene rings is 2. The van der Waals surface area contributed by atoms with Crippen LogP contribution in [0.5, 0.6) is 11.5 Å². The molecule has 0 bridgehead atoms. The number of aromatic nitrogens is 2. The summed E-state index contributed by atoms with van der Waals surface area (Å²) in [5, 5.41) is 0. The summed E-state index contributed by atoms with van der Waals surface area (Å²) in [7, 11) is 4.55. The molecule has 1 fully saturated rings. The SMILES string of the molecule is COc1ccc(OC)c(CN(CC(=O)c2c(N)n(Cc3ccccc3)c(=O)n(C)c2=O)C2CC2)c1. The number of hydrogen-bond donors (Lipinski definition) is 1. The first-order valence-electron chi connectivity index (χ1n) is 11.5. The molecule has 0 amide bonds. The number of ether oxygens (including phenoxy) is 2. The number of hydrogen-bond acceptors (Lipinski definition) is 7. The fraction of sp³-hybridized carbons (Fsp3) is 0.346. The summed E-state index contributed by atoms with van der Waals surface area (Å²) in [4.78, 5) is 41.2. The molecule has 0 saturated heterocycles. The average Bonchev–Trinajstić information content (AvgIpc) is 3.71. The van der Waals surface area contributed by atoms with E-state index in [2.05, 4.69) is 0 Å². The van der Waals surface area contributed by atoms with Gasteiger partial charge in [0, 0.05) is 25.2 Å². The molecule has 1 aliphatic rings. The smallest absolute Gasteiger partial charge is 0.332 e. The zero-order valence-electron chi connectivity index (χ0n) is 20.2. The highest BCUT2D eigenvalue weighted by atomic mass is 16.5. The van der Waals surface area contributed by atoms with E-state index in [1.54, 1.807) is 14.2 Å². The van der Waals surface area contributed by atoms with E-state index < -0.39 is 17.0 Å². The number of rotatable bonds is 10. The van der Waals surface area contributed by atoms with Crippen LogP contribution in [0.1, 0.15) is 34.3 Å². The molecular weight excluding hydrogens is 448 g/mol. The van der Waals surface area contributed by atoms with Crippen molar-refractivity contribution in [2.24, 2.45) is 7.05 Å². The van der Waals surface area contributed by atoms with Crippen LogP contribution >= 0.6 is 0 Å². The van der Waals surface area contributed by atoms with Gasteiger partial charge in [-0.25, -0.2) is 4.79 Å². The number of anilines is 1. The highest BCUT2D eigenvalue weighted by Gasteiger charge is 2.33. The molecule has 1 aliphatic carbocycles. The Morgan fingerprint density at radius 2 is 1.80 bits per heavy atom. The number of Topliss-reactive ketones (excluding diaryl/α,β-unsaturated/α-hetero) is 1. The Kier molecular flexibility index (Phi) is 7.07. The second kappa shape index (κ2) is 10.2. The van der Waals surface area contributed by atoms with E-state index in [1.807, 2.05) is 53.4 Å². The molecule has 2 aromatic carbocycles. The first-order chi connectivity index (χ1) is 16.8. The molecule has 0 aliphatic heterocycles. The quantitative estimate of drug-likeness (QED) is 0.444. The number of methoxy groups -OCH3 is 2. The van der Waals surface area contributed by atoms with Gasteiger partial charge in [-0.15, -0.1) is 0 Å². The van der Waals surface area contributed by atoms with Gasteiger partial charge in [-0.05, 0) is 36.6 Å². The minimum absolute atomic E-state index is 0.00594. The summed E-state index contributed by atoms with van der Waals surface area (Å²) >= 11 is 0. The third-order valence-electron chi connectivity index (χ3n) is 6.32. The number of nitrogens with two attached hydrogens (primary N) is 1. The normalized spacial score (nSPS) is 13.1. The first kappa shape index (κ1) is 24.3. The molecule has 3 aromatic rings. The standard InChI is InChI=1S/C26H30N4O5/c1-28-25(32)23(24(27)30(26(28)33)14-17-7-5-4-6-8-17)21(31)16-29(19-9-10-19)15-18-13-20(34-2)11-12-22(18)35-3/h4-8,11-13,19H,9-10,14-16,27H2,1-3H3. The van der Waals surface area contributed by atoms with Gasteiger partial charge in [0.25, 0.3) is 5.56 Å². The summed E-state index contributed by atoms with van der Waals surface area (Å²) in [6, 6.07) is 15.0. The van der Waals surface area contributed by atoms with Crippen molar-refractivity contribution in [3.63, 3.8) is 0 Å². The Balaban J connectivity index is 1.66. The van der Waals surface area contributed by atoms with Gasteiger partial charge >= 0.3 is 5.69 Å². The van der Waals surface area contributed by atoms with Gasteiger partial charge in [-0.3, -0.25) is 23.6 Å². The van der Waals surface area contributed by atoms with Crippen LogP contribution in [0.25, 0.3) is 0 Å². The number of nitrogen functional groups attached to an aromatic ring is 1. The highest BCUT2D eigenvalue weighted by Crippen LogP contribution is 2.32. The van der Waals surface area contributed by atoms with Crippen molar-refractivity contribution in [2.75, 3.05) is 26.5 Å². The van der Waals surface area contributed by atoms with Crippen molar-refractivity contribution in [1.29, 1.82) is 0 Å². The fourth-order valence-corrected chi connectivity index (χ4v) is 4.21. The van der Waals surface area contributed by atoms with Crippen molar-refractivity contribution in [1.82, 2.24) is 14.0 Å². The summed E-state index contributed by atoms with van der Waals surface area (Å²) in [6.07, 6.45) is 1.92. The Morgan fingerprint density at radius 1 is 1.09 bits per heavy atom. The van der Waals surface area contributed by atoms with E-state index in [4.69, 9.17) is 15.2 Å². The van der Waals surface area contributed by atoms with Crippen molar-refractivity contribution >= 4 is 11.6 Å². The molecule has 9 nitrogen and oxygen atoms in total. The molecule has 4 rings (SSSR count). The average molecular weight is 479 g/mol. The van der Waals surface area contributed by atoms with E-state index in [0.717, 1.165) is 28.5 Å². The summed E-state index contributed by atoms with van der Waals surface area (Å²) in [5.74, 6) is 0.852. The lowest BCUT2D eigenvalue weighted by molar-refractivity contribution is 0.0916. The summed E-state index contributed by atoms with van der Waals surface area (Å²) in [5.41, 5.74) is 6.59. The maximum Gasteiger partial charge on any atom is 0.332 e. The first-order valence-corrected chi connectivity index (χ1v) is 11.5. The van der Waals surface area contributed by atoms with E-state index >= 15 is 0 Å². The maximum atomic E-state index is 13.5. The monoisotopic (exact) mass is 478 g/mol. The minimum atomic E-state index is -0.684. The second-order valence-corrected chi connectivity index (χ2v) is 8.72. The molecule has 184 valence electrons. The van der Waals surface area contributed by atoms with E-state index in [0.29, 0.717) is 18.0 Å². The van der Waals surface area contributed by atoms with Crippen molar-refractivity contribution in [3.05, 3.63) is 86.1 Å². The number of nitrogens with zero attached hydrogens (tertiary/aromatic N) is 3. The zero-order valence-corrected chi connectivity index (χ0v) is 20.2. The van der Waals surface area contributed by atoms with Crippen LogP contribution in [0.3, 0.4) is 0 Å². The zero-order chi connectivity index (χ0) is 25.1. The molecule has 9 heteroatoms. The third-order valence-corrected chi connectivity index (χ3v) is 6.32. The molecule has 0 spiro atoms. The van der Waals surface area contributed by atoms with Crippen LogP contribution in [-0.4, -0.2) is 46.6 Å². The molecule has 1 heterocycles. The number of carbonyl (C=O) groups is 1. The Labute approximate surface area is 203 Å². The highest BCUT2D eigenvalue weighted by molar-refractivity contribution is 6.01. The van der Waals surface area contributed by atoms with Crippen molar-refractivity contribution in [3.8, 4) is 11.5 Å². The Morgan fingerprint density at radius 3 is 2.43 bits per heavy atom. The summed E-state index contributed by atoms with van der Waals surface area (Å²) < 4.78 is 13.1. The molecular formula is C26H30N4O5. The fourth-order valence-electron chi connectivity index (χ4n) is 4.21. The molecule has 1 saturated carbocycles. The van der Waals surface area contributed by atoms with Gasteiger partial charge in [-0.1, -0.05) is 30.3 Å². The van der Waals surface area contributed by atoms with Gasteiger partial charge in [0.15, 0.2) is 5.78 Å². The van der Waals surface area contributed by atoms with Crippen molar-refractivity contribution < 1.29 is 14.3 Å². The molecule has 0 unspecified atom stereocenters. The topological polar surface area (TPSA) is 109 Å². The second-order valence-electron chi connectivity index (χ2n) is 8.72. The molecule has 2 N–H and O–H groups in total. The van der Waals surface area contributed by atoms with E-state index in [1.165, 1.54) is 11.6 Å². The van der Waals surface area contributed by atoms with Crippen LogP contribution in [0.15, 0.2) is 58.1 Å². The van der Waals surface area contributed by atoms with Crippen LogP contribution in [0, 0.1) is 0 Å². The maximum absolute atomic E-state index is 13.5. The van der Waals surface area contributed by atoms with Crippen LogP contribution in [0.2, 0.25) is 0 Å². The predicted molar refractivity (Wildman–Crippen MR) is 133 cm³/mol. The predicted octanol–water partition coefficient (Wildman–Crippen LogP) is 2.04. The Hall–Kier alpha value is -3.85. The van der Waals surface area contributed by atoms with E-state index in [9.17, 15) is 14.4 Å². The third kappa shape index (κ3) is 5.14. The number of ketones is 1. The summed E-state index contributed by atoms with van der Waals surface area (Å²) in [6.45, 7) is 0.599. The largest absolute Gasteiger partial charge is 0.497 e. The Bertz CT molecular complexity index is 1340. The molecule has 35 heavy (non-hydrogen) atoms. The van der Waals surface area contributed by atoms with Crippen LogP contribution in [0.4, 0.5) is 5.82 Å². The molecule has 0 radical (unpaired) electrons. The van der Waals surface area contributed by atoms with Crippen LogP contribution < -0.4 is 26.5 Å². The van der Waals surface area contributed by atoms with E-state index in [-0.39, 0.29) is 30.5 Å². The number of carbonyl (C=O) groups excluding carboxylic acids is 1. The van der Waals surface area contributed by atoms with Gasteiger partial charge in [-0.2, -0.15) is 0 Å². The van der Waals surface area contributed by atoms with Crippen molar-refractivity contribution in [2.45, 2.75) is 32.0 Å². The van der Waals surface area contributed by atoms with Gasteiger partial charge in [0.05, 0.1) is 27.3 Å². The van der Waals surface area contributed by atoms with Gasteiger partial charge in [0.1, 0.15) is 22.9 Å². The molecule has 1 aromatic heterocycles. The van der Waals surface area contributed by atoms with Crippen LogP contribution in [-0.2, 0) is 20.1 Å². The lowest BCUT2D eigenvalue weighted by Crippen LogP contribution is -2.44. The lowest BCUT2D eigenvalue weighted by Gasteiger charge is -2.23. The lowest BCUT2D eigenvalue weighted by atomic mass is 10.1. The molecule has 0 atom stereocenters. The minimum Gasteiger partial charge on any atom is -0.497 e.